The van der Waals surface area contributed by atoms with Gasteiger partial charge in [0.05, 0.1) is 14.2 Å². The smallest absolute Gasteiger partial charge is 0.310 e. The summed E-state index contributed by atoms with van der Waals surface area (Å²) in [6, 6.07) is 1.35. The zero-order valence-corrected chi connectivity index (χ0v) is 14.3. The lowest BCUT2D eigenvalue weighted by atomic mass is 9.87. The Balaban J connectivity index is 2.15. The molecule has 1 heterocycles. The van der Waals surface area contributed by atoms with Gasteiger partial charge in [-0.05, 0) is 34.8 Å². The highest BCUT2D eigenvalue weighted by molar-refractivity contribution is 9.11. The standard InChI is InChI=1S/C11H13BrClNO4S2/c12-9-7(13)5-8(19-9)20(17,18)14-6-11(10(15)16)3-1-2-4-11/h5,14H,1-4,6H2,(H,15,16). The summed E-state index contributed by atoms with van der Waals surface area (Å²) >= 11 is 9.98. The van der Waals surface area contributed by atoms with Gasteiger partial charge in [-0.25, -0.2) is 13.1 Å². The molecule has 1 aliphatic carbocycles. The lowest BCUT2D eigenvalue weighted by Gasteiger charge is -2.23. The molecule has 1 aromatic rings. The van der Waals surface area contributed by atoms with Crippen molar-refractivity contribution in [2.75, 3.05) is 6.54 Å². The molecule has 0 spiro atoms. The van der Waals surface area contributed by atoms with Gasteiger partial charge in [-0.2, -0.15) is 0 Å². The second kappa shape index (κ2) is 5.92. The number of hydrogen-bond donors (Lipinski definition) is 2. The lowest BCUT2D eigenvalue weighted by Crippen LogP contribution is -2.41. The summed E-state index contributed by atoms with van der Waals surface area (Å²) in [4.78, 5) is 11.4. The third-order valence-corrected chi connectivity index (χ3v) is 7.85. The summed E-state index contributed by atoms with van der Waals surface area (Å²) < 4.78 is 27.3. The van der Waals surface area contributed by atoms with Gasteiger partial charge < -0.3 is 5.11 Å². The molecule has 1 aliphatic rings. The van der Waals surface area contributed by atoms with Crippen molar-refractivity contribution in [2.45, 2.75) is 29.9 Å². The summed E-state index contributed by atoms with van der Waals surface area (Å²) in [5, 5.41) is 9.64. The summed E-state index contributed by atoms with van der Waals surface area (Å²) in [6.07, 6.45) is 2.62. The van der Waals surface area contributed by atoms with Crippen LogP contribution in [-0.4, -0.2) is 26.0 Å². The van der Waals surface area contributed by atoms with Crippen LogP contribution in [0.25, 0.3) is 0 Å². The van der Waals surface area contributed by atoms with Crippen LogP contribution in [0.4, 0.5) is 0 Å². The van der Waals surface area contributed by atoms with Gasteiger partial charge in [0.2, 0.25) is 10.0 Å². The van der Waals surface area contributed by atoms with Crippen LogP contribution in [0, 0.1) is 5.41 Å². The number of carboxylic acids is 1. The van der Waals surface area contributed by atoms with Crippen molar-refractivity contribution in [1.82, 2.24) is 4.72 Å². The molecule has 0 aromatic carbocycles. The van der Waals surface area contributed by atoms with Crippen molar-refractivity contribution in [3.8, 4) is 0 Å². The molecule has 2 N–H and O–H groups in total. The number of hydrogen-bond acceptors (Lipinski definition) is 4. The molecule has 0 atom stereocenters. The van der Waals surface area contributed by atoms with Crippen LogP contribution in [0.2, 0.25) is 5.02 Å². The first-order valence-corrected chi connectivity index (χ1v) is 9.42. The number of carbonyl (C=O) groups is 1. The quantitative estimate of drug-likeness (QED) is 0.793. The van der Waals surface area contributed by atoms with E-state index < -0.39 is 21.4 Å². The monoisotopic (exact) mass is 401 g/mol. The summed E-state index contributed by atoms with van der Waals surface area (Å²) in [7, 11) is -3.73. The minimum atomic E-state index is -3.73. The molecule has 0 saturated heterocycles. The fraction of sp³-hybridized carbons (Fsp3) is 0.545. The number of sulfonamides is 1. The van der Waals surface area contributed by atoms with Gasteiger partial charge in [-0.1, -0.05) is 24.4 Å². The van der Waals surface area contributed by atoms with Gasteiger partial charge in [0.25, 0.3) is 0 Å². The van der Waals surface area contributed by atoms with Crippen molar-refractivity contribution in [2.24, 2.45) is 5.41 Å². The van der Waals surface area contributed by atoms with E-state index in [0.717, 1.165) is 24.2 Å². The summed E-state index contributed by atoms with van der Waals surface area (Å²) in [6.45, 7) is -0.0855. The van der Waals surface area contributed by atoms with Gasteiger partial charge in [-0.15, -0.1) is 11.3 Å². The predicted molar refractivity (Wildman–Crippen MR) is 80.8 cm³/mol. The number of carboxylic acid groups (broad SMARTS) is 1. The first kappa shape index (κ1) is 16.2. The molecular formula is C11H13BrClNO4S2. The predicted octanol–water partition coefficient (Wildman–Crippen LogP) is 3.09. The van der Waals surface area contributed by atoms with Crippen LogP contribution in [0.1, 0.15) is 25.7 Å². The molecule has 0 amide bonds. The molecule has 1 aromatic heterocycles. The third kappa shape index (κ3) is 3.19. The highest BCUT2D eigenvalue weighted by Gasteiger charge is 2.42. The van der Waals surface area contributed by atoms with Crippen molar-refractivity contribution < 1.29 is 18.3 Å². The highest BCUT2D eigenvalue weighted by Crippen LogP contribution is 2.39. The Morgan fingerprint density at radius 2 is 2.10 bits per heavy atom. The van der Waals surface area contributed by atoms with Crippen LogP contribution in [0.15, 0.2) is 14.1 Å². The number of aliphatic carboxylic acids is 1. The lowest BCUT2D eigenvalue weighted by molar-refractivity contribution is -0.148. The Morgan fingerprint density at radius 3 is 2.55 bits per heavy atom. The summed E-state index contributed by atoms with van der Waals surface area (Å²) in [5.74, 6) is -0.942. The van der Waals surface area contributed by atoms with E-state index in [1.165, 1.54) is 6.07 Å². The third-order valence-electron chi connectivity index (χ3n) is 3.50. The van der Waals surface area contributed by atoms with Crippen LogP contribution in [0.5, 0.6) is 0 Å². The Hall–Kier alpha value is -0.150. The van der Waals surface area contributed by atoms with Crippen LogP contribution >= 0.6 is 38.9 Å². The number of thiophene rings is 1. The molecule has 20 heavy (non-hydrogen) atoms. The molecule has 0 aliphatic heterocycles. The normalized spacial score (nSPS) is 18.3. The molecule has 2 rings (SSSR count). The zero-order chi connectivity index (χ0) is 15.0. The van der Waals surface area contributed by atoms with E-state index >= 15 is 0 Å². The molecular weight excluding hydrogens is 390 g/mol. The minimum absolute atomic E-state index is 0.0768. The summed E-state index contributed by atoms with van der Waals surface area (Å²) in [5.41, 5.74) is -0.981. The fourth-order valence-corrected chi connectivity index (χ4v) is 5.85. The maximum absolute atomic E-state index is 12.1. The number of halogens is 2. The van der Waals surface area contributed by atoms with Gasteiger partial charge >= 0.3 is 5.97 Å². The molecule has 1 saturated carbocycles. The van der Waals surface area contributed by atoms with Gasteiger partial charge in [-0.3, -0.25) is 4.79 Å². The maximum atomic E-state index is 12.1. The molecule has 112 valence electrons. The van der Waals surface area contributed by atoms with E-state index in [0.29, 0.717) is 21.7 Å². The van der Waals surface area contributed by atoms with Crippen LogP contribution in [0.3, 0.4) is 0 Å². The van der Waals surface area contributed by atoms with Crippen LogP contribution < -0.4 is 4.72 Å². The fourth-order valence-electron chi connectivity index (χ4n) is 2.28. The largest absolute Gasteiger partial charge is 0.481 e. The Morgan fingerprint density at radius 1 is 1.50 bits per heavy atom. The Kier molecular flexibility index (Phi) is 4.80. The van der Waals surface area contributed by atoms with Crippen molar-refractivity contribution in [1.29, 1.82) is 0 Å². The van der Waals surface area contributed by atoms with Gasteiger partial charge in [0, 0.05) is 6.54 Å². The second-order valence-electron chi connectivity index (χ2n) is 4.80. The van der Waals surface area contributed by atoms with E-state index in [2.05, 4.69) is 20.7 Å². The van der Waals surface area contributed by atoms with Crippen molar-refractivity contribution in [3.63, 3.8) is 0 Å². The number of nitrogens with one attached hydrogen (secondary N) is 1. The zero-order valence-electron chi connectivity index (χ0n) is 10.4. The number of rotatable bonds is 5. The average Bonchev–Trinajstić information content (AvgIpc) is 2.96. The molecule has 0 radical (unpaired) electrons. The highest BCUT2D eigenvalue weighted by atomic mass is 79.9. The van der Waals surface area contributed by atoms with E-state index in [1.54, 1.807) is 0 Å². The molecule has 1 fully saturated rings. The molecule has 9 heteroatoms. The SMILES string of the molecule is O=C(O)C1(CNS(=O)(=O)c2cc(Cl)c(Br)s2)CCCC1. The van der Waals surface area contributed by atoms with Gasteiger partial charge in [0.15, 0.2) is 0 Å². The topological polar surface area (TPSA) is 83.5 Å². The van der Waals surface area contributed by atoms with E-state index in [4.69, 9.17) is 11.6 Å². The van der Waals surface area contributed by atoms with Crippen LogP contribution in [-0.2, 0) is 14.8 Å². The molecule has 0 unspecified atom stereocenters. The Bertz CT molecular complexity index is 603. The maximum Gasteiger partial charge on any atom is 0.310 e. The molecule has 5 nitrogen and oxygen atoms in total. The van der Waals surface area contributed by atoms with Crippen molar-refractivity contribution >= 4 is 54.9 Å². The van der Waals surface area contributed by atoms with E-state index in [-0.39, 0.29) is 10.8 Å². The second-order valence-corrected chi connectivity index (χ2v) is 9.58. The average molecular weight is 403 g/mol. The van der Waals surface area contributed by atoms with E-state index in [9.17, 15) is 18.3 Å². The van der Waals surface area contributed by atoms with Crippen molar-refractivity contribution in [3.05, 3.63) is 14.9 Å². The Labute approximate surface area is 134 Å². The first-order valence-electron chi connectivity index (χ1n) is 5.95. The first-order chi connectivity index (χ1) is 9.27. The minimum Gasteiger partial charge on any atom is -0.481 e. The molecule has 0 bridgehead atoms. The van der Waals surface area contributed by atoms with Gasteiger partial charge in [0.1, 0.15) is 4.21 Å². The van der Waals surface area contributed by atoms with E-state index in [1.807, 2.05) is 0 Å².